The molecule has 0 aliphatic rings. The molecular weight excluding hydrogens is 216 g/mol. The summed E-state index contributed by atoms with van der Waals surface area (Å²) in [4.78, 5) is 2.85. The molecule has 0 saturated heterocycles. The van der Waals surface area contributed by atoms with Crippen molar-refractivity contribution in [2.45, 2.75) is 19.8 Å². The van der Waals surface area contributed by atoms with Gasteiger partial charge in [-0.2, -0.15) is 0 Å². The number of methoxy groups -OCH3 is 1. The molecule has 0 atom stereocenters. The Labute approximate surface area is 101 Å². The molecule has 0 amide bonds. The second kappa shape index (κ2) is 5.17. The largest absolute Gasteiger partial charge is 0.497 e. The highest BCUT2D eigenvalue weighted by Gasteiger charge is 1.99. The Balaban J connectivity index is 1.99. The van der Waals surface area contributed by atoms with Crippen LogP contribution in [0.3, 0.4) is 0 Å². The summed E-state index contributed by atoms with van der Waals surface area (Å²) >= 11 is 1.89. The average Bonchev–Trinajstić information content (AvgIpc) is 2.73. The van der Waals surface area contributed by atoms with Crippen LogP contribution < -0.4 is 4.74 Å². The lowest BCUT2D eigenvalue weighted by atomic mass is 10.1. The smallest absolute Gasteiger partial charge is 0.119 e. The lowest BCUT2D eigenvalue weighted by molar-refractivity contribution is 0.414. The standard InChI is InChI=1S/C14H16OS/c1-11-6-8-14(16-11)9-7-12-4-3-5-13(10-12)15-2/h3-6,8,10H,7,9H2,1-2H3. The van der Waals surface area contributed by atoms with Gasteiger partial charge in [0.15, 0.2) is 0 Å². The highest BCUT2D eigenvalue weighted by Crippen LogP contribution is 2.19. The van der Waals surface area contributed by atoms with Crippen molar-refractivity contribution in [1.82, 2.24) is 0 Å². The van der Waals surface area contributed by atoms with Gasteiger partial charge in [0.05, 0.1) is 7.11 Å². The lowest BCUT2D eigenvalue weighted by Gasteiger charge is -2.03. The van der Waals surface area contributed by atoms with E-state index in [-0.39, 0.29) is 0 Å². The Bertz CT molecular complexity index is 459. The number of ether oxygens (including phenoxy) is 1. The monoisotopic (exact) mass is 232 g/mol. The highest BCUT2D eigenvalue weighted by atomic mass is 32.1. The topological polar surface area (TPSA) is 9.23 Å². The zero-order chi connectivity index (χ0) is 11.4. The van der Waals surface area contributed by atoms with Crippen molar-refractivity contribution in [2.75, 3.05) is 7.11 Å². The molecule has 0 aliphatic carbocycles. The Morgan fingerprint density at radius 3 is 2.69 bits per heavy atom. The second-order valence-electron chi connectivity index (χ2n) is 3.86. The van der Waals surface area contributed by atoms with Gasteiger partial charge in [-0.1, -0.05) is 12.1 Å². The zero-order valence-corrected chi connectivity index (χ0v) is 10.5. The Hall–Kier alpha value is -1.28. The van der Waals surface area contributed by atoms with Crippen LogP contribution in [0.1, 0.15) is 15.3 Å². The molecule has 1 aromatic heterocycles. The summed E-state index contributed by atoms with van der Waals surface area (Å²) in [7, 11) is 1.71. The predicted molar refractivity (Wildman–Crippen MR) is 69.5 cm³/mol. The third-order valence-corrected chi connectivity index (χ3v) is 3.65. The van der Waals surface area contributed by atoms with Gasteiger partial charge in [-0.25, -0.2) is 0 Å². The average molecular weight is 232 g/mol. The molecule has 2 rings (SSSR count). The number of aryl methyl sites for hydroxylation is 3. The molecule has 0 fully saturated rings. The maximum atomic E-state index is 5.21. The van der Waals surface area contributed by atoms with Crippen LogP contribution in [0.4, 0.5) is 0 Å². The molecule has 0 unspecified atom stereocenters. The second-order valence-corrected chi connectivity index (χ2v) is 5.24. The number of thiophene rings is 1. The van der Waals surface area contributed by atoms with Crippen molar-refractivity contribution < 1.29 is 4.74 Å². The van der Waals surface area contributed by atoms with Crippen LogP contribution >= 0.6 is 11.3 Å². The summed E-state index contributed by atoms with van der Waals surface area (Å²) in [6.45, 7) is 2.15. The van der Waals surface area contributed by atoms with Gasteiger partial charge in [0.25, 0.3) is 0 Å². The summed E-state index contributed by atoms with van der Waals surface area (Å²) < 4.78 is 5.21. The van der Waals surface area contributed by atoms with Crippen molar-refractivity contribution in [3.8, 4) is 5.75 Å². The molecule has 16 heavy (non-hydrogen) atoms. The van der Waals surface area contributed by atoms with Crippen LogP contribution in [0.2, 0.25) is 0 Å². The predicted octanol–water partition coefficient (Wildman–Crippen LogP) is 3.85. The van der Waals surface area contributed by atoms with Crippen molar-refractivity contribution in [2.24, 2.45) is 0 Å². The van der Waals surface area contributed by atoms with Gasteiger partial charge in [-0.3, -0.25) is 0 Å². The van der Waals surface area contributed by atoms with Crippen LogP contribution in [0.15, 0.2) is 36.4 Å². The van der Waals surface area contributed by atoms with Gasteiger partial charge in [-0.05, 0) is 49.6 Å². The van der Waals surface area contributed by atoms with Gasteiger partial charge in [-0.15, -0.1) is 11.3 Å². The summed E-state index contributed by atoms with van der Waals surface area (Å²) in [6.07, 6.45) is 2.20. The first kappa shape index (κ1) is 11.2. The quantitative estimate of drug-likeness (QED) is 0.778. The molecule has 0 saturated carbocycles. The fourth-order valence-corrected chi connectivity index (χ4v) is 2.60. The van der Waals surface area contributed by atoms with Crippen LogP contribution in [-0.2, 0) is 12.8 Å². The van der Waals surface area contributed by atoms with Crippen LogP contribution in [-0.4, -0.2) is 7.11 Å². The summed E-state index contributed by atoms with van der Waals surface area (Å²) in [5.41, 5.74) is 1.34. The van der Waals surface area contributed by atoms with Crippen molar-refractivity contribution in [1.29, 1.82) is 0 Å². The van der Waals surface area contributed by atoms with E-state index in [2.05, 4.69) is 31.2 Å². The van der Waals surface area contributed by atoms with Crippen molar-refractivity contribution >= 4 is 11.3 Å². The first-order valence-electron chi connectivity index (χ1n) is 5.46. The zero-order valence-electron chi connectivity index (χ0n) is 9.69. The molecule has 0 spiro atoms. The highest BCUT2D eigenvalue weighted by molar-refractivity contribution is 7.11. The first-order chi connectivity index (χ1) is 7.78. The van der Waals surface area contributed by atoms with Gasteiger partial charge in [0.1, 0.15) is 5.75 Å². The van der Waals surface area contributed by atoms with Gasteiger partial charge < -0.3 is 4.74 Å². The van der Waals surface area contributed by atoms with E-state index in [1.807, 2.05) is 23.5 Å². The van der Waals surface area contributed by atoms with Crippen molar-refractivity contribution in [3.05, 3.63) is 51.7 Å². The molecule has 0 radical (unpaired) electrons. The van der Waals surface area contributed by atoms with Gasteiger partial charge in [0, 0.05) is 9.75 Å². The van der Waals surface area contributed by atoms with E-state index in [9.17, 15) is 0 Å². The first-order valence-corrected chi connectivity index (χ1v) is 6.28. The SMILES string of the molecule is COc1cccc(CCc2ccc(C)s2)c1. The van der Waals surface area contributed by atoms with Crippen LogP contribution in [0, 0.1) is 6.92 Å². The summed E-state index contributed by atoms with van der Waals surface area (Å²) in [5, 5.41) is 0. The maximum Gasteiger partial charge on any atom is 0.119 e. The minimum atomic E-state index is 0.944. The molecule has 84 valence electrons. The summed E-state index contributed by atoms with van der Waals surface area (Å²) in [6, 6.07) is 12.7. The Morgan fingerprint density at radius 1 is 1.12 bits per heavy atom. The molecule has 1 aromatic carbocycles. The van der Waals surface area contributed by atoms with E-state index in [0.29, 0.717) is 0 Å². The van der Waals surface area contributed by atoms with Crippen LogP contribution in [0.25, 0.3) is 0 Å². The lowest BCUT2D eigenvalue weighted by Crippen LogP contribution is -1.90. The fraction of sp³-hybridized carbons (Fsp3) is 0.286. The number of rotatable bonds is 4. The minimum Gasteiger partial charge on any atom is -0.497 e. The summed E-state index contributed by atoms with van der Waals surface area (Å²) in [5.74, 6) is 0.944. The molecule has 2 heteroatoms. The van der Waals surface area contributed by atoms with Crippen molar-refractivity contribution in [3.63, 3.8) is 0 Å². The normalized spacial score (nSPS) is 10.4. The van der Waals surface area contributed by atoms with Gasteiger partial charge >= 0.3 is 0 Å². The van der Waals surface area contributed by atoms with Crippen LogP contribution in [0.5, 0.6) is 5.75 Å². The third kappa shape index (κ3) is 2.86. The van der Waals surface area contributed by atoms with E-state index in [4.69, 9.17) is 4.74 Å². The van der Waals surface area contributed by atoms with E-state index in [1.54, 1.807) is 7.11 Å². The number of benzene rings is 1. The third-order valence-electron chi connectivity index (χ3n) is 2.59. The molecular formula is C14H16OS. The molecule has 0 aliphatic heterocycles. The Morgan fingerprint density at radius 2 is 2.00 bits per heavy atom. The van der Waals surface area contributed by atoms with Gasteiger partial charge in [0.2, 0.25) is 0 Å². The van der Waals surface area contributed by atoms with E-state index >= 15 is 0 Å². The minimum absolute atomic E-state index is 0.944. The molecule has 0 bridgehead atoms. The fourth-order valence-electron chi connectivity index (χ4n) is 1.71. The maximum absolute atomic E-state index is 5.21. The number of hydrogen-bond acceptors (Lipinski definition) is 2. The molecule has 0 N–H and O–H groups in total. The van der Waals surface area contributed by atoms with E-state index < -0.39 is 0 Å². The molecule has 1 heterocycles. The van der Waals surface area contributed by atoms with E-state index in [1.165, 1.54) is 15.3 Å². The molecule has 2 aromatic rings. The van der Waals surface area contributed by atoms with E-state index in [0.717, 1.165) is 18.6 Å². The number of hydrogen-bond donors (Lipinski definition) is 0. The Kier molecular flexibility index (Phi) is 3.62. The molecule has 1 nitrogen and oxygen atoms in total.